The van der Waals surface area contributed by atoms with Gasteiger partial charge in [0.2, 0.25) is 0 Å². The number of amides is 2. The van der Waals surface area contributed by atoms with Crippen LogP contribution in [0.2, 0.25) is 0 Å². The molecular formula is C8H19N5O. The Bertz CT molecular complexity index is 190. The molecule has 0 fully saturated rings. The Hall–Kier alpha value is -1.30. The molecule has 0 unspecified atom stereocenters. The van der Waals surface area contributed by atoms with Gasteiger partial charge in [-0.25, -0.2) is 4.79 Å². The van der Waals surface area contributed by atoms with E-state index < -0.39 is 6.03 Å². The average Bonchev–Trinajstić information content (AvgIpc) is 2.11. The molecule has 0 aliphatic carbocycles. The molecule has 6 heteroatoms. The number of hydrogen-bond acceptors (Lipinski definition) is 3. The maximum atomic E-state index is 11.0. The number of nitrogens with two attached hydrogens (primary N) is 1. The first-order chi connectivity index (χ1) is 6.60. The highest BCUT2D eigenvalue weighted by Crippen LogP contribution is 1.83. The first kappa shape index (κ1) is 12.7. The molecule has 0 radical (unpaired) electrons. The van der Waals surface area contributed by atoms with Crippen LogP contribution >= 0.6 is 0 Å². The molecular weight excluding hydrogens is 182 g/mol. The Morgan fingerprint density at radius 2 is 2.00 bits per heavy atom. The minimum atomic E-state index is -0.426. The lowest BCUT2D eigenvalue weighted by atomic mass is 10.4. The summed E-state index contributed by atoms with van der Waals surface area (Å²) >= 11 is 0. The van der Waals surface area contributed by atoms with Crippen molar-refractivity contribution < 1.29 is 4.79 Å². The molecule has 0 aromatic rings. The lowest BCUT2D eigenvalue weighted by Gasteiger charge is -2.17. The van der Waals surface area contributed by atoms with Crippen molar-refractivity contribution in [3.63, 3.8) is 0 Å². The summed E-state index contributed by atoms with van der Waals surface area (Å²) in [5, 5.41) is 11.6. The van der Waals surface area contributed by atoms with Crippen molar-refractivity contribution in [1.29, 1.82) is 5.41 Å². The summed E-state index contributed by atoms with van der Waals surface area (Å²) in [7, 11) is 0. The van der Waals surface area contributed by atoms with E-state index in [-0.39, 0.29) is 5.96 Å². The average molecular weight is 201 g/mol. The van der Waals surface area contributed by atoms with Crippen LogP contribution in [-0.2, 0) is 0 Å². The molecule has 0 aliphatic rings. The summed E-state index contributed by atoms with van der Waals surface area (Å²) in [5.74, 6) is -0.342. The van der Waals surface area contributed by atoms with Crippen molar-refractivity contribution >= 4 is 12.0 Å². The number of carbonyl (C=O) groups is 1. The Kier molecular flexibility index (Phi) is 6.47. The fraction of sp³-hybridized carbons (Fsp3) is 0.750. The molecule has 0 rings (SSSR count). The van der Waals surface area contributed by atoms with Gasteiger partial charge in [0.05, 0.1) is 0 Å². The van der Waals surface area contributed by atoms with E-state index in [0.717, 1.165) is 19.6 Å². The molecule has 0 aliphatic heterocycles. The predicted octanol–water partition coefficient (Wildman–Crippen LogP) is -0.479. The molecule has 0 atom stereocenters. The van der Waals surface area contributed by atoms with Crippen molar-refractivity contribution in [2.24, 2.45) is 5.73 Å². The standard InChI is InChI=1S/C8H19N5O/c1-3-13(4-2)6-5-11-8(14)12-7(9)10/h3-6H2,1-2H3,(H5,9,10,11,12,14). The van der Waals surface area contributed by atoms with Crippen molar-refractivity contribution in [1.82, 2.24) is 15.5 Å². The topological polar surface area (TPSA) is 94.2 Å². The number of nitrogens with zero attached hydrogens (tertiary/aromatic N) is 1. The third kappa shape index (κ3) is 6.24. The summed E-state index contributed by atoms with van der Waals surface area (Å²) in [6, 6.07) is -0.426. The molecule has 0 heterocycles. The quantitative estimate of drug-likeness (QED) is 0.357. The van der Waals surface area contributed by atoms with Crippen LogP contribution in [0.25, 0.3) is 0 Å². The molecule has 0 aromatic heterocycles. The van der Waals surface area contributed by atoms with Crippen molar-refractivity contribution in [2.75, 3.05) is 26.2 Å². The second kappa shape index (κ2) is 7.14. The number of carbonyl (C=O) groups excluding carboxylic acids is 1. The fourth-order valence-electron chi connectivity index (χ4n) is 1.03. The van der Waals surface area contributed by atoms with Gasteiger partial charge in [-0.2, -0.15) is 0 Å². The van der Waals surface area contributed by atoms with Crippen LogP contribution in [0.3, 0.4) is 0 Å². The zero-order chi connectivity index (χ0) is 11.0. The molecule has 0 saturated carbocycles. The minimum absolute atomic E-state index is 0.342. The molecule has 14 heavy (non-hydrogen) atoms. The molecule has 0 bridgehead atoms. The maximum absolute atomic E-state index is 11.0. The number of likely N-dealkylation sites (N-methyl/N-ethyl adjacent to an activating group) is 1. The van der Waals surface area contributed by atoms with Gasteiger partial charge in [-0.15, -0.1) is 0 Å². The normalized spacial score (nSPS) is 9.93. The number of rotatable bonds is 5. The van der Waals surface area contributed by atoms with Crippen LogP contribution < -0.4 is 16.4 Å². The zero-order valence-electron chi connectivity index (χ0n) is 8.76. The number of nitrogens with one attached hydrogen (secondary N) is 3. The third-order valence-electron chi connectivity index (χ3n) is 1.86. The summed E-state index contributed by atoms with van der Waals surface area (Å²) in [4.78, 5) is 13.1. The maximum Gasteiger partial charge on any atom is 0.321 e. The van der Waals surface area contributed by atoms with Crippen molar-refractivity contribution in [3.8, 4) is 0 Å². The highest BCUT2D eigenvalue weighted by molar-refractivity contribution is 5.93. The number of urea groups is 1. The van der Waals surface area contributed by atoms with Crippen molar-refractivity contribution in [3.05, 3.63) is 0 Å². The third-order valence-corrected chi connectivity index (χ3v) is 1.86. The Balaban J connectivity index is 3.52. The Morgan fingerprint density at radius 3 is 2.43 bits per heavy atom. The van der Waals surface area contributed by atoms with Gasteiger partial charge in [-0.1, -0.05) is 13.8 Å². The van der Waals surface area contributed by atoms with Gasteiger partial charge < -0.3 is 16.0 Å². The summed E-state index contributed by atoms with van der Waals surface area (Å²) in [6.07, 6.45) is 0. The molecule has 2 amide bonds. The molecule has 82 valence electrons. The highest BCUT2D eigenvalue weighted by Gasteiger charge is 2.02. The Morgan fingerprint density at radius 1 is 1.43 bits per heavy atom. The van der Waals surface area contributed by atoms with E-state index >= 15 is 0 Å². The summed E-state index contributed by atoms with van der Waals surface area (Å²) in [5.41, 5.74) is 4.98. The fourth-order valence-corrected chi connectivity index (χ4v) is 1.03. The summed E-state index contributed by atoms with van der Waals surface area (Å²) in [6.45, 7) is 7.43. The van der Waals surface area contributed by atoms with Crippen LogP contribution in [0.1, 0.15) is 13.8 Å². The largest absolute Gasteiger partial charge is 0.370 e. The van der Waals surface area contributed by atoms with E-state index in [0.29, 0.717) is 6.54 Å². The monoisotopic (exact) mass is 201 g/mol. The van der Waals surface area contributed by atoms with Crippen LogP contribution in [-0.4, -0.2) is 43.1 Å². The van der Waals surface area contributed by atoms with Gasteiger partial charge in [0.25, 0.3) is 0 Å². The van der Waals surface area contributed by atoms with E-state index in [9.17, 15) is 4.79 Å². The first-order valence-corrected chi connectivity index (χ1v) is 4.71. The van der Waals surface area contributed by atoms with Crippen LogP contribution in [0.5, 0.6) is 0 Å². The minimum Gasteiger partial charge on any atom is -0.370 e. The van der Waals surface area contributed by atoms with Crippen LogP contribution in [0.4, 0.5) is 4.79 Å². The second-order valence-electron chi connectivity index (χ2n) is 2.82. The second-order valence-corrected chi connectivity index (χ2v) is 2.82. The molecule has 0 aromatic carbocycles. The first-order valence-electron chi connectivity index (χ1n) is 4.71. The van der Waals surface area contributed by atoms with Crippen LogP contribution in [0, 0.1) is 5.41 Å². The zero-order valence-corrected chi connectivity index (χ0v) is 8.76. The van der Waals surface area contributed by atoms with Gasteiger partial charge >= 0.3 is 6.03 Å². The van der Waals surface area contributed by atoms with E-state index in [2.05, 4.69) is 29.4 Å². The molecule has 0 saturated heterocycles. The molecule has 6 nitrogen and oxygen atoms in total. The van der Waals surface area contributed by atoms with E-state index in [1.54, 1.807) is 0 Å². The lowest BCUT2D eigenvalue weighted by molar-refractivity contribution is 0.241. The van der Waals surface area contributed by atoms with E-state index in [4.69, 9.17) is 11.1 Å². The number of guanidine groups is 1. The van der Waals surface area contributed by atoms with Gasteiger partial charge in [-0.3, -0.25) is 10.7 Å². The van der Waals surface area contributed by atoms with Gasteiger partial charge in [-0.05, 0) is 13.1 Å². The van der Waals surface area contributed by atoms with E-state index in [1.807, 2.05) is 0 Å². The Labute approximate surface area is 84.3 Å². The van der Waals surface area contributed by atoms with E-state index in [1.165, 1.54) is 0 Å². The lowest BCUT2D eigenvalue weighted by Crippen LogP contribution is -2.45. The number of hydrogen-bond donors (Lipinski definition) is 4. The van der Waals surface area contributed by atoms with Crippen molar-refractivity contribution in [2.45, 2.75) is 13.8 Å². The van der Waals surface area contributed by atoms with Gasteiger partial charge in [0, 0.05) is 13.1 Å². The summed E-state index contributed by atoms with van der Waals surface area (Å²) < 4.78 is 0. The highest BCUT2D eigenvalue weighted by atomic mass is 16.2. The SMILES string of the molecule is CCN(CC)CCNC(=O)NC(=N)N. The van der Waals surface area contributed by atoms with Gasteiger partial charge in [0.15, 0.2) is 5.96 Å². The molecule has 5 N–H and O–H groups in total. The predicted molar refractivity (Wildman–Crippen MR) is 56.2 cm³/mol. The van der Waals surface area contributed by atoms with Gasteiger partial charge in [0.1, 0.15) is 0 Å². The molecule has 0 spiro atoms. The smallest absolute Gasteiger partial charge is 0.321 e. The van der Waals surface area contributed by atoms with Crippen LogP contribution in [0.15, 0.2) is 0 Å².